The summed E-state index contributed by atoms with van der Waals surface area (Å²) in [5.74, 6) is 0. The lowest BCUT2D eigenvalue weighted by Gasteiger charge is -2.21. The Labute approximate surface area is 128 Å². The van der Waals surface area contributed by atoms with Crippen molar-refractivity contribution in [3.63, 3.8) is 0 Å². The van der Waals surface area contributed by atoms with E-state index in [-0.39, 0.29) is 0 Å². The molecule has 0 aliphatic carbocycles. The number of halogens is 1. The fourth-order valence-corrected chi connectivity index (χ4v) is 3.19. The van der Waals surface area contributed by atoms with E-state index in [0.717, 1.165) is 22.2 Å². The lowest BCUT2D eigenvalue weighted by atomic mass is 10.1. The number of hydrogen-bond acceptors (Lipinski definition) is 3. The van der Waals surface area contributed by atoms with Crippen molar-refractivity contribution in [2.75, 3.05) is 18.4 Å². The highest BCUT2D eigenvalue weighted by Crippen LogP contribution is 2.26. The topological polar surface area (TPSA) is 28.2 Å². The van der Waals surface area contributed by atoms with Crippen LogP contribution in [0.3, 0.4) is 0 Å². The van der Waals surface area contributed by atoms with Gasteiger partial charge in [-0.25, -0.2) is 0 Å². The van der Waals surface area contributed by atoms with Gasteiger partial charge >= 0.3 is 0 Å². The molecule has 2 heterocycles. The predicted molar refractivity (Wildman–Crippen MR) is 88.2 cm³/mol. The molecule has 0 spiro atoms. The standard InChI is InChI=1S/C16H20BrN3/c1-11(2)20-7-6-14(10-20)19-15-5-3-4-12-8-13(17)9-18-16(12)15/h3-5,8-9,11,14,19H,6-7,10H2,1-2H3. The summed E-state index contributed by atoms with van der Waals surface area (Å²) in [4.78, 5) is 7.07. The Hall–Kier alpha value is -1.13. The minimum absolute atomic E-state index is 0.522. The third-order valence-electron chi connectivity index (χ3n) is 3.99. The van der Waals surface area contributed by atoms with Gasteiger partial charge in [0.15, 0.2) is 0 Å². The van der Waals surface area contributed by atoms with Crippen LogP contribution in [-0.2, 0) is 0 Å². The van der Waals surface area contributed by atoms with Crippen LogP contribution in [0, 0.1) is 0 Å². The first-order valence-corrected chi connectivity index (χ1v) is 7.97. The van der Waals surface area contributed by atoms with Gasteiger partial charge in [0.05, 0.1) is 11.2 Å². The summed E-state index contributed by atoms with van der Waals surface area (Å²) in [6, 6.07) is 9.59. The van der Waals surface area contributed by atoms with Crippen LogP contribution in [0.1, 0.15) is 20.3 Å². The van der Waals surface area contributed by atoms with E-state index in [1.165, 1.54) is 18.4 Å². The van der Waals surface area contributed by atoms with Crippen molar-refractivity contribution in [2.24, 2.45) is 0 Å². The highest BCUT2D eigenvalue weighted by atomic mass is 79.9. The van der Waals surface area contributed by atoms with Gasteiger partial charge in [0.25, 0.3) is 0 Å². The molecule has 1 aromatic carbocycles. The molecule has 4 heteroatoms. The van der Waals surface area contributed by atoms with Crippen molar-refractivity contribution in [3.8, 4) is 0 Å². The minimum Gasteiger partial charge on any atom is -0.379 e. The van der Waals surface area contributed by atoms with Gasteiger partial charge in [-0.3, -0.25) is 9.88 Å². The summed E-state index contributed by atoms with van der Waals surface area (Å²) in [5.41, 5.74) is 2.20. The molecule has 2 aromatic rings. The van der Waals surface area contributed by atoms with Crippen molar-refractivity contribution in [3.05, 3.63) is 34.9 Å². The zero-order valence-electron chi connectivity index (χ0n) is 11.9. The summed E-state index contributed by atoms with van der Waals surface area (Å²) in [6.45, 7) is 6.82. The molecule has 1 saturated heterocycles. The van der Waals surface area contributed by atoms with E-state index in [0.29, 0.717) is 12.1 Å². The quantitative estimate of drug-likeness (QED) is 0.923. The molecule has 20 heavy (non-hydrogen) atoms. The number of pyridine rings is 1. The van der Waals surface area contributed by atoms with E-state index in [1.807, 2.05) is 6.20 Å². The lowest BCUT2D eigenvalue weighted by Crippen LogP contribution is -2.31. The zero-order valence-corrected chi connectivity index (χ0v) is 13.5. The lowest BCUT2D eigenvalue weighted by molar-refractivity contribution is 0.274. The van der Waals surface area contributed by atoms with E-state index in [9.17, 15) is 0 Å². The SMILES string of the molecule is CC(C)N1CCC(Nc2cccc3cc(Br)cnc23)C1. The van der Waals surface area contributed by atoms with Gasteiger partial charge in [0.2, 0.25) is 0 Å². The van der Waals surface area contributed by atoms with Gasteiger partial charge in [-0.1, -0.05) is 12.1 Å². The van der Waals surface area contributed by atoms with Crippen molar-refractivity contribution in [2.45, 2.75) is 32.4 Å². The Bertz CT molecular complexity index is 612. The molecule has 0 radical (unpaired) electrons. The highest BCUT2D eigenvalue weighted by molar-refractivity contribution is 9.10. The molecule has 1 aromatic heterocycles. The zero-order chi connectivity index (χ0) is 14.1. The fourth-order valence-electron chi connectivity index (χ4n) is 2.84. The van der Waals surface area contributed by atoms with E-state index in [4.69, 9.17) is 0 Å². The van der Waals surface area contributed by atoms with Crippen LogP contribution in [0.4, 0.5) is 5.69 Å². The number of rotatable bonds is 3. The second kappa shape index (κ2) is 5.70. The third-order valence-corrected chi connectivity index (χ3v) is 4.42. The maximum absolute atomic E-state index is 4.55. The number of aromatic nitrogens is 1. The first-order valence-electron chi connectivity index (χ1n) is 7.18. The monoisotopic (exact) mass is 333 g/mol. The van der Waals surface area contributed by atoms with Crippen LogP contribution >= 0.6 is 15.9 Å². The van der Waals surface area contributed by atoms with Crippen molar-refractivity contribution >= 4 is 32.5 Å². The molecule has 1 aliphatic heterocycles. The molecule has 1 N–H and O–H groups in total. The minimum atomic E-state index is 0.522. The normalized spacial score (nSPS) is 19.9. The molecule has 1 atom stereocenters. The average molecular weight is 334 g/mol. The molecular formula is C16H20BrN3. The summed E-state index contributed by atoms with van der Waals surface area (Å²) in [5, 5.41) is 4.84. The second-order valence-electron chi connectivity index (χ2n) is 5.75. The van der Waals surface area contributed by atoms with Crippen LogP contribution in [0.2, 0.25) is 0 Å². The van der Waals surface area contributed by atoms with Gasteiger partial charge in [0.1, 0.15) is 0 Å². The number of benzene rings is 1. The number of likely N-dealkylation sites (tertiary alicyclic amines) is 1. The number of anilines is 1. The average Bonchev–Trinajstić information content (AvgIpc) is 2.87. The highest BCUT2D eigenvalue weighted by Gasteiger charge is 2.24. The second-order valence-corrected chi connectivity index (χ2v) is 6.67. The summed E-state index contributed by atoms with van der Waals surface area (Å²) >= 11 is 3.48. The fraction of sp³-hybridized carbons (Fsp3) is 0.438. The van der Waals surface area contributed by atoms with Gasteiger partial charge in [-0.2, -0.15) is 0 Å². The molecular weight excluding hydrogens is 314 g/mol. The number of fused-ring (bicyclic) bond motifs is 1. The molecule has 1 unspecified atom stereocenters. The smallest absolute Gasteiger partial charge is 0.0934 e. The Balaban J connectivity index is 1.81. The van der Waals surface area contributed by atoms with Gasteiger partial charge in [-0.05, 0) is 48.3 Å². The van der Waals surface area contributed by atoms with Crippen molar-refractivity contribution in [1.82, 2.24) is 9.88 Å². The first-order chi connectivity index (χ1) is 9.63. The Morgan fingerprint density at radius 1 is 1.40 bits per heavy atom. The van der Waals surface area contributed by atoms with E-state index in [1.54, 1.807) is 0 Å². The van der Waals surface area contributed by atoms with Crippen LogP contribution < -0.4 is 5.32 Å². The first kappa shape index (κ1) is 13.8. The predicted octanol–water partition coefficient (Wildman–Crippen LogP) is 3.89. The van der Waals surface area contributed by atoms with Gasteiger partial charge in [0, 0.05) is 41.2 Å². The number of nitrogens with one attached hydrogen (secondary N) is 1. The van der Waals surface area contributed by atoms with Crippen LogP contribution in [-0.4, -0.2) is 35.1 Å². The van der Waals surface area contributed by atoms with E-state index < -0.39 is 0 Å². The van der Waals surface area contributed by atoms with Crippen LogP contribution in [0.15, 0.2) is 34.9 Å². The van der Waals surface area contributed by atoms with Crippen molar-refractivity contribution < 1.29 is 0 Å². The van der Waals surface area contributed by atoms with E-state index in [2.05, 4.69) is 69.2 Å². The molecule has 0 bridgehead atoms. The van der Waals surface area contributed by atoms with E-state index >= 15 is 0 Å². The molecule has 0 amide bonds. The Morgan fingerprint density at radius 2 is 2.25 bits per heavy atom. The summed E-state index contributed by atoms with van der Waals surface area (Å²) in [6.07, 6.45) is 3.06. The molecule has 1 fully saturated rings. The van der Waals surface area contributed by atoms with Gasteiger partial charge in [-0.15, -0.1) is 0 Å². The number of nitrogens with zero attached hydrogens (tertiary/aromatic N) is 2. The molecule has 1 aliphatic rings. The van der Waals surface area contributed by atoms with Crippen molar-refractivity contribution in [1.29, 1.82) is 0 Å². The molecule has 3 nitrogen and oxygen atoms in total. The van der Waals surface area contributed by atoms with Gasteiger partial charge < -0.3 is 5.32 Å². The molecule has 106 valence electrons. The molecule has 0 saturated carbocycles. The Kier molecular flexibility index (Phi) is 3.94. The number of hydrogen-bond donors (Lipinski definition) is 1. The van der Waals surface area contributed by atoms with Crippen LogP contribution in [0.5, 0.6) is 0 Å². The Morgan fingerprint density at radius 3 is 3.00 bits per heavy atom. The number of para-hydroxylation sites is 1. The largest absolute Gasteiger partial charge is 0.379 e. The summed E-state index contributed by atoms with van der Waals surface area (Å²) in [7, 11) is 0. The molecule has 3 rings (SSSR count). The summed E-state index contributed by atoms with van der Waals surface area (Å²) < 4.78 is 1.02. The maximum Gasteiger partial charge on any atom is 0.0934 e. The third kappa shape index (κ3) is 2.81. The van der Waals surface area contributed by atoms with Crippen LogP contribution in [0.25, 0.3) is 10.9 Å². The maximum atomic E-state index is 4.55.